The summed E-state index contributed by atoms with van der Waals surface area (Å²) in [7, 11) is -3.26. The van der Waals surface area contributed by atoms with E-state index in [1.54, 1.807) is 36.4 Å². The Morgan fingerprint density at radius 3 is 1.57 bits per heavy atom. The third kappa shape index (κ3) is 4.99. The summed E-state index contributed by atoms with van der Waals surface area (Å²) in [5, 5.41) is 19.6. The van der Waals surface area contributed by atoms with Crippen LogP contribution in [0.3, 0.4) is 0 Å². The van der Waals surface area contributed by atoms with E-state index >= 15 is 0 Å². The number of hydrogen-bond donors (Lipinski definition) is 2. The molecule has 23 heavy (non-hydrogen) atoms. The van der Waals surface area contributed by atoms with Crippen molar-refractivity contribution in [3.63, 3.8) is 0 Å². The highest BCUT2D eigenvalue weighted by Crippen LogP contribution is 2.21. The van der Waals surface area contributed by atoms with Gasteiger partial charge in [0.2, 0.25) is 0 Å². The molecule has 2 aromatic carbocycles. The molecule has 0 unspecified atom stereocenters. The number of benzene rings is 2. The molecule has 124 valence electrons. The summed E-state index contributed by atoms with van der Waals surface area (Å²) in [4.78, 5) is 0. The molecule has 0 heterocycles. The van der Waals surface area contributed by atoms with Gasteiger partial charge in [-0.05, 0) is 49.9 Å². The van der Waals surface area contributed by atoms with Gasteiger partial charge < -0.3 is 10.2 Å². The standard InChI is InChI=1S/C18H22O4S/c1-13-3-5-17(19)15(11-13)7-9-23(21,22)10-8-16-12-14(2)4-6-18(16)20/h3-6,11-12,19-20H,7-10H2,1-2H3. The van der Waals surface area contributed by atoms with Gasteiger partial charge in [0.05, 0.1) is 11.5 Å². The normalized spacial score (nSPS) is 11.6. The molecule has 0 amide bonds. The molecule has 4 nitrogen and oxygen atoms in total. The van der Waals surface area contributed by atoms with Crippen LogP contribution in [0.2, 0.25) is 0 Å². The molecule has 2 N–H and O–H groups in total. The Morgan fingerprint density at radius 2 is 1.17 bits per heavy atom. The monoisotopic (exact) mass is 334 g/mol. The number of hydrogen-bond acceptors (Lipinski definition) is 4. The van der Waals surface area contributed by atoms with Crippen LogP contribution in [0.15, 0.2) is 36.4 Å². The Labute approximate surface area is 137 Å². The van der Waals surface area contributed by atoms with Crippen LogP contribution < -0.4 is 0 Å². The second-order valence-corrected chi connectivity index (χ2v) is 8.22. The van der Waals surface area contributed by atoms with Crippen molar-refractivity contribution in [2.24, 2.45) is 0 Å². The van der Waals surface area contributed by atoms with Crippen molar-refractivity contribution in [2.45, 2.75) is 26.7 Å². The molecular formula is C18H22O4S. The predicted octanol–water partition coefficient (Wildman–Crippen LogP) is 2.91. The molecule has 0 atom stereocenters. The fraction of sp³-hybridized carbons (Fsp3) is 0.333. The lowest BCUT2D eigenvalue weighted by Gasteiger charge is -2.09. The fourth-order valence-corrected chi connectivity index (χ4v) is 3.73. The van der Waals surface area contributed by atoms with Crippen LogP contribution in [0.1, 0.15) is 22.3 Å². The highest BCUT2D eigenvalue weighted by atomic mass is 32.2. The van der Waals surface area contributed by atoms with Gasteiger partial charge in [0.25, 0.3) is 0 Å². The summed E-state index contributed by atoms with van der Waals surface area (Å²) in [6.07, 6.45) is 0.575. The van der Waals surface area contributed by atoms with Crippen LogP contribution in [0, 0.1) is 13.8 Å². The van der Waals surface area contributed by atoms with Gasteiger partial charge in [-0.3, -0.25) is 0 Å². The van der Waals surface area contributed by atoms with E-state index < -0.39 is 9.84 Å². The van der Waals surface area contributed by atoms with Gasteiger partial charge in [-0.25, -0.2) is 8.42 Å². The molecule has 0 saturated heterocycles. The van der Waals surface area contributed by atoms with E-state index in [1.165, 1.54) is 0 Å². The minimum Gasteiger partial charge on any atom is -0.508 e. The van der Waals surface area contributed by atoms with E-state index in [0.717, 1.165) is 11.1 Å². The van der Waals surface area contributed by atoms with E-state index in [1.807, 2.05) is 13.8 Å². The van der Waals surface area contributed by atoms with Crippen LogP contribution in [0.5, 0.6) is 11.5 Å². The van der Waals surface area contributed by atoms with Gasteiger partial charge in [-0.15, -0.1) is 0 Å². The van der Waals surface area contributed by atoms with Gasteiger partial charge >= 0.3 is 0 Å². The molecular weight excluding hydrogens is 312 g/mol. The quantitative estimate of drug-likeness (QED) is 0.852. The molecule has 0 fully saturated rings. The molecule has 0 saturated carbocycles. The van der Waals surface area contributed by atoms with E-state index in [-0.39, 0.29) is 35.8 Å². The highest BCUT2D eigenvalue weighted by molar-refractivity contribution is 7.91. The molecule has 0 aliphatic heterocycles. The summed E-state index contributed by atoms with van der Waals surface area (Å²) in [6, 6.07) is 10.3. The summed E-state index contributed by atoms with van der Waals surface area (Å²) < 4.78 is 24.4. The predicted molar refractivity (Wildman–Crippen MR) is 91.7 cm³/mol. The lowest BCUT2D eigenvalue weighted by atomic mass is 10.1. The first-order chi connectivity index (χ1) is 10.8. The van der Waals surface area contributed by atoms with Crippen molar-refractivity contribution in [1.82, 2.24) is 0 Å². The topological polar surface area (TPSA) is 74.6 Å². The largest absolute Gasteiger partial charge is 0.508 e. The van der Waals surface area contributed by atoms with Gasteiger partial charge in [0.1, 0.15) is 11.5 Å². The van der Waals surface area contributed by atoms with Crippen molar-refractivity contribution in [2.75, 3.05) is 11.5 Å². The summed E-state index contributed by atoms with van der Waals surface area (Å²) in [5.41, 5.74) is 3.26. The minimum atomic E-state index is -3.26. The van der Waals surface area contributed by atoms with Crippen molar-refractivity contribution in [3.05, 3.63) is 58.7 Å². The average Bonchev–Trinajstić information content (AvgIpc) is 2.49. The van der Waals surface area contributed by atoms with Crippen molar-refractivity contribution < 1.29 is 18.6 Å². The summed E-state index contributed by atoms with van der Waals surface area (Å²) in [6.45, 7) is 3.80. The minimum absolute atomic E-state index is 0.0173. The lowest BCUT2D eigenvalue weighted by molar-refractivity contribution is 0.468. The second-order valence-electron chi connectivity index (χ2n) is 5.92. The Bertz CT molecular complexity index is 733. The Kier molecular flexibility index (Phi) is 5.31. The molecule has 0 bridgehead atoms. The maximum atomic E-state index is 12.2. The van der Waals surface area contributed by atoms with E-state index in [4.69, 9.17) is 0 Å². The number of rotatable bonds is 6. The smallest absolute Gasteiger partial charge is 0.150 e. The molecule has 0 radical (unpaired) electrons. The molecule has 0 aromatic heterocycles. The molecule has 2 aromatic rings. The number of phenolic OH excluding ortho intramolecular Hbond substituents is 2. The first-order valence-corrected chi connectivity index (χ1v) is 9.36. The van der Waals surface area contributed by atoms with Crippen molar-refractivity contribution >= 4 is 9.84 Å². The molecule has 0 spiro atoms. The molecule has 2 rings (SSSR count). The zero-order valence-electron chi connectivity index (χ0n) is 13.4. The third-order valence-electron chi connectivity index (χ3n) is 3.83. The van der Waals surface area contributed by atoms with E-state index in [0.29, 0.717) is 11.1 Å². The van der Waals surface area contributed by atoms with Crippen LogP contribution >= 0.6 is 0 Å². The number of sulfone groups is 1. The maximum Gasteiger partial charge on any atom is 0.150 e. The van der Waals surface area contributed by atoms with E-state index in [9.17, 15) is 18.6 Å². The first kappa shape index (κ1) is 17.3. The number of aryl methyl sites for hydroxylation is 4. The van der Waals surface area contributed by atoms with Gasteiger partial charge in [0, 0.05) is 0 Å². The second kappa shape index (κ2) is 7.04. The van der Waals surface area contributed by atoms with Crippen LogP contribution in [0.25, 0.3) is 0 Å². The Hall–Kier alpha value is -2.01. The number of aromatic hydroxyl groups is 2. The van der Waals surface area contributed by atoms with Crippen molar-refractivity contribution in [1.29, 1.82) is 0 Å². The van der Waals surface area contributed by atoms with Gasteiger partial charge in [-0.2, -0.15) is 0 Å². The van der Waals surface area contributed by atoms with Crippen LogP contribution in [0.4, 0.5) is 0 Å². The maximum absolute atomic E-state index is 12.2. The third-order valence-corrected chi connectivity index (χ3v) is 5.49. The molecule has 0 aliphatic rings. The molecule has 0 aliphatic carbocycles. The van der Waals surface area contributed by atoms with Gasteiger partial charge in [-0.1, -0.05) is 35.4 Å². The SMILES string of the molecule is Cc1ccc(O)c(CCS(=O)(=O)CCc2cc(C)ccc2O)c1. The average molecular weight is 334 g/mol. The zero-order chi connectivity index (χ0) is 17.0. The summed E-state index contributed by atoms with van der Waals surface area (Å²) >= 11 is 0. The van der Waals surface area contributed by atoms with E-state index in [2.05, 4.69) is 0 Å². The summed E-state index contributed by atoms with van der Waals surface area (Å²) in [5.74, 6) is 0.219. The zero-order valence-corrected chi connectivity index (χ0v) is 14.2. The van der Waals surface area contributed by atoms with Crippen LogP contribution in [-0.2, 0) is 22.7 Å². The van der Waals surface area contributed by atoms with Crippen LogP contribution in [-0.4, -0.2) is 30.1 Å². The Balaban J connectivity index is 1.99. The first-order valence-electron chi connectivity index (χ1n) is 7.54. The lowest BCUT2D eigenvalue weighted by Crippen LogP contribution is -2.15. The highest BCUT2D eigenvalue weighted by Gasteiger charge is 2.14. The van der Waals surface area contributed by atoms with Gasteiger partial charge in [0.15, 0.2) is 9.84 Å². The Morgan fingerprint density at radius 1 is 0.783 bits per heavy atom. The van der Waals surface area contributed by atoms with Crippen molar-refractivity contribution in [3.8, 4) is 11.5 Å². The molecule has 5 heteroatoms. The fourth-order valence-electron chi connectivity index (χ4n) is 2.46. The number of phenols is 2.